The number of hydrogen-bond donors (Lipinski definition) is 0. The molecule has 0 spiro atoms. The van der Waals surface area contributed by atoms with Gasteiger partial charge in [0.1, 0.15) is 6.04 Å². The van der Waals surface area contributed by atoms with Gasteiger partial charge in [0, 0.05) is 12.5 Å². The Morgan fingerprint density at radius 2 is 1.75 bits per heavy atom. The van der Waals surface area contributed by atoms with Gasteiger partial charge in [-0.3, -0.25) is 14.4 Å². The molecule has 5 heteroatoms. The first-order valence-electron chi connectivity index (χ1n) is 10.7. The zero-order chi connectivity index (χ0) is 20.3. The van der Waals surface area contributed by atoms with E-state index in [9.17, 15) is 14.4 Å². The van der Waals surface area contributed by atoms with Crippen molar-refractivity contribution in [3.63, 3.8) is 0 Å². The van der Waals surface area contributed by atoms with E-state index in [1.54, 1.807) is 4.90 Å². The number of rotatable bonds is 6. The molecule has 0 aromatic heterocycles. The number of benzene rings is 1. The quantitative estimate of drug-likeness (QED) is 0.683. The number of nitrogens with zero attached hydrogens (tertiary/aromatic N) is 2. The van der Waals surface area contributed by atoms with Gasteiger partial charge in [-0.25, -0.2) is 4.90 Å². The SMILES string of the molecule is CCCC(=O)N(C1CCCCC1)C1CC(=O)N(c2ccc(C(C)C)cc2)C1=O. The minimum absolute atomic E-state index is 0.0116. The summed E-state index contributed by atoms with van der Waals surface area (Å²) in [6, 6.07) is 7.04. The Bertz CT molecular complexity index is 720. The normalized spacial score (nSPS) is 20.9. The second-order valence-electron chi connectivity index (χ2n) is 8.38. The first kappa shape index (κ1) is 20.6. The van der Waals surface area contributed by atoms with Crippen molar-refractivity contribution in [3.8, 4) is 0 Å². The van der Waals surface area contributed by atoms with E-state index in [1.807, 2.05) is 31.2 Å². The molecule has 2 aliphatic rings. The predicted octanol–water partition coefficient (Wildman–Crippen LogP) is 4.40. The average Bonchev–Trinajstić information content (AvgIpc) is 2.97. The summed E-state index contributed by atoms with van der Waals surface area (Å²) >= 11 is 0. The second-order valence-corrected chi connectivity index (χ2v) is 8.38. The lowest BCUT2D eigenvalue weighted by molar-refractivity contribution is -0.141. The van der Waals surface area contributed by atoms with Crippen LogP contribution in [0.3, 0.4) is 0 Å². The molecule has 2 fully saturated rings. The van der Waals surface area contributed by atoms with E-state index in [4.69, 9.17) is 0 Å². The van der Waals surface area contributed by atoms with Crippen molar-refractivity contribution in [3.05, 3.63) is 29.8 Å². The summed E-state index contributed by atoms with van der Waals surface area (Å²) in [5, 5.41) is 0. The lowest BCUT2D eigenvalue weighted by atomic mass is 9.92. The van der Waals surface area contributed by atoms with Crippen LogP contribution in [0.2, 0.25) is 0 Å². The molecule has 0 bridgehead atoms. The first-order chi connectivity index (χ1) is 13.4. The summed E-state index contributed by atoms with van der Waals surface area (Å²) in [7, 11) is 0. The molecular weight excluding hydrogens is 352 g/mol. The molecule has 0 radical (unpaired) electrons. The van der Waals surface area contributed by atoms with Crippen molar-refractivity contribution in [1.82, 2.24) is 4.90 Å². The fourth-order valence-corrected chi connectivity index (χ4v) is 4.45. The Morgan fingerprint density at radius 1 is 1.11 bits per heavy atom. The van der Waals surface area contributed by atoms with Crippen LogP contribution in [-0.2, 0) is 14.4 Å². The third kappa shape index (κ3) is 4.13. The van der Waals surface area contributed by atoms with Crippen molar-refractivity contribution in [1.29, 1.82) is 0 Å². The molecular formula is C23H32N2O3. The van der Waals surface area contributed by atoms with Crippen LogP contribution in [0.25, 0.3) is 0 Å². The molecule has 3 amide bonds. The molecule has 152 valence electrons. The number of imide groups is 1. The fraction of sp³-hybridized carbons (Fsp3) is 0.609. The van der Waals surface area contributed by atoms with Gasteiger partial charge in [0.25, 0.3) is 5.91 Å². The molecule has 28 heavy (non-hydrogen) atoms. The maximum absolute atomic E-state index is 13.2. The van der Waals surface area contributed by atoms with E-state index in [0.29, 0.717) is 18.0 Å². The lowest BCUT2D eigenvalue weighted by Crippen LogP contribution is -2.51. The maximum atomic E-state index is 13.2. The third-order valence-electron chi connectivity index (χ3n) is 6.00. The lowest BCUT2D eigenvalue weighted by Gasteiger charge is -2.37. The van der Waals surface area contributed by atoms with Crippen LogP contribution in [0.15, 0.2) is 24.3 Å². The maximum Gasteiger partial charge on any atom is 0.257 e. The molecule has 1 aliphatic heterocycles. The molecule has 1 heterocycles. The predicted molar refractivity (Wildman–Crippen MR) is 110 cm³/mol. The van der Waals surface area contributed by atoms with Crippen molar-refractivity contribution < 1.29 is 14.4 Å². The monoisotopic (exact) mass is 384 g/mol. The number of anilines is 1. The second kappa shape index (κ2) is 8.89. The molecule has 1 aliphatic carbocycles. The van der Waals surface area contributed by atoms with Crippen LogP contribution in [0, 0.1) is 0 Å². The van der Waals surface area contributed by atoms with Crippen LogP contribution < -0.4 is 4.90 Å². The highest BCUT2D eigenvalue weighted by atomic mass is 16.2. The zero-order valence-corrected chi connectivity index (χ0v) is 17.3. The Morgan fingerprint density at radius 3 is 2.32 bits per heavy atom. The van der Waals surface area contributed by atoms with Crippen molar-refractivity contribution in [2.75, 3.05) is 4.90 Å². The third-order valence-corrected chi connectivity index (χ3v) is 6.00. The summed E-state index contributed by atoms with van der Waals surface area (Å²) < 4.78 is 0. The minimum Gasteiger partial charge on any atom is -0.327 e. The Kier molecular flexibility index (Phi) is 6.53. The number of carbonyl (C=O) groups is 3. The molecule has 1 saturated heterocycles. The highest BCUT2D eigenvalue weighted by Crippen LogP contribution is 2.32. The van der Waals surface area contributed by atoms with Gasteiger partial charge < -0.3 is 4.90 Å². The Hall–Kier alpha value is -2.17. The van der Waals surface area contributed by atoms with E-state index in [2.05, 4.69) is 13.8 Å². The molecule has 0 N–H and O–H groups in total. The van der Waals surface area contributed by atoms with Gasteiger partial charge in [0.2, 0.25) is 11.8 Å². The number of carbonyl (C=O) groups excluding carboxylic acids is 3. The van der Waals surface area contributed by atoms with Crippen molar-refractivity contribution in [2.45, 2.75) is 90.1 Å². The highest BCUT2D eigenvalue weighted by molar-refractivity contribution is 6.23. The van der Waals surface area contributed by atoms with Crippen LogP contribution in [0.1, 0.15) is 83.6 Å². The largest absolute Gasteiger partial charge is 0.327 e. The Labute approximate surface area is 168 Å². The van der Waals surface area contributed by atoms with Gasteiger partial charge in [-0.2, -0.15) is 0 Å². The van der Waals surface area contributed by atoms with E-state index in [-0.39, 0.29) is 30.2 Å². The molecule has 1 aromatic rings. The smallest absolute Gasteiger partial charge is 0.257 e. The molecule has 3 rings (SSSR count). The van der Waals surface area contributed by atoms with Crippen molar-refractivity contribution >= 4 is 23.4 Å². The van der Waals surface area contributed by atoms with E-state index in [0.717, 1.165) is 32.1 Å². The van der Waals surface area contributed by atoms with Gasteiger partial charge >= 0.3 is 0 Å². The molecule has 1 aromatic carbocycles. The molecule has 1 unspecified atom stereocenters. The standard InChI is InChI=1S/C23H32N2O3/c1-4-8-21(26)24(18-9-6-5-7-10-18)20-15-22(27)25(23(20)28)19-13-11-17(12-14-19)16(2)3/h11-14,16,18,20H,4-10,15H2,1-3H3. The summed E-state index contributed by atoms with van der Waals surface area (Å²) in [4.78, 5) is 41.9. The van der Waals surface area contributed by atoms with Crippen LogP contribution in [0.5, 0.6) is 0 Å². The topological polar surface area (TPSA) is 57.7 Å². The van der Waals surface area contributed by atoms with Gasteiger partial charge in [-0.15, -0.1) is 0 Å². The summed E-state index contributed by atoms with van der Waals surface area (Å²) in [5.41, 5.74) is 1.77. The van der Waals surface area contributed by atoms with Gasteiger partial charge in [0.05, 0.1) is 12.1 Å². The first-order valence-corrected chi connectivity index (χ1v) is 10.7. The van der Waals surface area contributed by atoms with Crippen LogP contribution in [0.4, 0.5) is 5.69 Å². The van der Waals surface area contributed by atoms with E-state index in [1.165, 1.54) is 16.9 Å². The molecule has 1 atom stereocenters. The van der Waals surface area contributed by atoms with Gasteiger partial charge in [0.15, 0.2) is 0 Å². The van der Waals surface area contributed by atoms with Crippen molar-refractivity contribution in [2.24, 2.45) is 0 Å². The van der Waals surface area contributed by atoms with Crippen LogP contribution in [-0.4, -0.2) is 34.7 Å². The average molecular weight is 385 g/mol. The summed E-state index contributed by atoms with van der Waals surface area (Å²) in [5.74, 6) is -0.0625. The fourth-order valence-electron chi connectivity index (χ4n) is 4.45. The molecule has 1 saturated carbocycles. The number of hydrogen-bond acceptors (Lipinski definition) is 3. The zero-order valence-electron chi connectivity index (χ0n) is 17.3. The van der Waals surface area contributed by atoms with Gasteiger partial charge in [-0.05, 0) is 42.9 Å². The van der Waals surface area contributed by atoms with Gasteiger partial charge in [-0.1, -0.05) is 52.2 Å². The highest BCUT2D eigenvalue weighted by Gasteiger charge is 2.46. The summed E-state index contributed by atoms with van der Waals surface area (Å²) in [6.07, 6.45) is 6.46. The Balaban J connectivity index is 1.85. The minimum atomic E-state index is -0.653. The number of amides is 3. The summed E-state index contributed by atoms with van der Waals surface area (Å²) in [6.45, 7) is 6.19. The van der Waals surface area contributed by atoms with Crippen LogP contribution >= 0.6 is 0 Å². The van der Waals surface area contributed by atoms with E-state index < -0.39 is 6.04 Å². The molecule has 5 nitrogen and oxygen atoms in total. The van der Waals surface area contributed by atoms with E-state index >= 15 is 0 Å².